The largest absolute Gasteiger partial charge is 0.464 e. The maximum atomic E-state index is 6.21. The number of para-hydroxylation sites is 1. The first-order valence-electron chi connectivity index (χ1n) is 5.33. The van der Waals surface area contributed by atoms with Crippen LogP contribution in [0.3, 0.4) is 0 Å². The molecule has 2 N–H and O–H groups in total. The quantitative estimate of drug-likeness (QED) is 0.723. The van der Waals surface area contributed by atoms with Crippen molar-refractivity contribution in [2.24, 2.45) is 12.8 Å². The molecule has 5 heteroatoms. The number of nitrogens with zero attached hydrogens (tertiary/aromatic N) is 3. The minimum Gasteiger partial charge on any atom is -0.464 e. The zero-order valence-electron chi connectivity index (χ0n) is 9.37. The van der Waals surface area contributed by atoms with E-state index in [-0.39, 0.29) is 6.04 Å². The fourth-order valence-corrected chi connectivity index (χ4v) is 1.98. The molecule has 2 aromatic heterocycles. The molecule has 0 aliphatic carbocycles. The van der Waals surface area contributed by atoms with Gasteiger partial charge in [-0.1, -0.05) is 23.4 Å². The summed E-state index contributed by atoms with van der Waals surface area (Å²) in [4.78, 5) is 0. The van der Waals surface area contributed by atoms with Crippen molar-refractivity contribution in [2.75, 3.05) is 0 Å². The van der Waals surface area contributed by atoms with E-state index in [2.05, 4.69) is 10.3 Å². The van der Waals surface area contributed by atoms with Crippen molar-refractivity contribution in [3.63, 3.8) is 0 Å². The maximum absolute atomic E-state index is 6.21. The number of furan rings is 1. The molecule has 0 aliphatic heterocycles. The van der Waals surface area contributed by atoms with Crippen LogP contribution in [0.5, 0.6) is 0 Å². The van der Waals surface area contributed by atoms with Gasteiger partial charge in [-0.25, -0.2) is 0 Å². The summed E-state index contributed by atoms with van der Waals surface area (Å²) >= 11 is 0. The fraction of sp³-hybridized carbons (Fsp3) is 0.167. The van der Waals surface area contributed by atoms with Gasteiger partial charge in [-0.05, 0) is 6.07 Å². The summed E-state index contributed by atoms with van der Waals surface area (Å²) in [5.41, 5.74) is 8.86. The number of hydrogen-bond acceptors (Lipinski definition) is 4. The first-order chi connectivity index (χ1) is 8.27. The van der Waals surface area contributed by atoms with E-state index in [1.807, 2.05) is 31.3 Å². The predicted octanol–water partition coefficient (Wildman–Crippen LogP) is 1.61. The highest BCUT2D eigenvalue weighted by Gasteiger charge is 2.17. The summed E-state index contributed by atoms with van der Waals surface area (Å²) in [5.74, 6) is 0. The first kappa shape index (κ1) is 10.0. The van der Waals surface area contributed by atoms with Crippen molar-refractivity contribution in [1.29, 1.82) is 0 Å². The van der Waals surface area contributed by atoms with Crippen molar-refractivity contribution >= 4 is 11.0 Å². The Morgan fingerprint density at radius 1 is 1.35 bits per heavy atom. The lowest BCUT2D eigenvalue weighted by Gasteiger charge is -2.09. The third-order valence-electron chi connectivity index (χ3n) is 2.91. The molecule has 0 spiro atoms. The molecule has 1 unspecified atom stereocenters. The Balaban J connectivity index is 2.13. The molecule has 0 radical (unpaired) electrons. The van der Waals surface area contributed by atoms with Crippen LogP contribution in [0.2, 0.25) is 0 Å². The van der Waals surface area contributed by atoms with Gasteiger partial charge in [0.05, 0.1) is 24.2 Å². The van der Waals surface area contributed by atoms with Gasteiger partial charge < -0.3 is 10.2 Å². The summed E-state index contributed by atoms with van der Waals surface area (Å²) in [7, 11) is 1.82. The van der Waals surface area contributed by atoms with Crippen LogP contribution < -0.4 is 5.73 Å². The molecule has 0 bridgehead atoms. The summed E-state index contributed by atoms with van der Waals surface area (Å²) in [6.45, 7) is 0. The lowest BCUT2D eigenvalue weighted by atomic mass is 10.0. The zero-order chi connectivity index (χ0) is 11.8. The summed E-state index contributed by atoms with van der Waals surface area (Å²) in [5, 5.41) is 8.75. The highest BCUT2D eigenvalue weighted by molar-refractivity contribution is 5.81. The molecule has 0 amide bonds. The lowest BCUT2D eigenvalue weighted by Crippen LogP contribution is -2.15. The Bertz CT molecular complexity index is 655. The van der Waals surface area contributed by atoms with E-state index in [9.17, 15) is 0 Å². The molecule has 5 nitrogen and oxygen atoms in total. The molecule has 3 rings (SSSR count). The number of benzene rings is 1. The van der Waals surface area contributed by atoms with Crippen molar-refractivity contribution in [1.82, 2.24) is 15.0 Å². The van der Waals surface area contributed by atoms with Crippen LogP contribution in [0.15, 0.2) is 41.1 Å². The zero-order valence-corrected chi connectivity index (χ0v) is 9.37. The highest BCUT2D eigenvalue weighted by atomic mass is 16.3. The van der Waals surface area contributed by atoms with Gasteiger partial charge in [0.15, 0.2) is 0 Å². The first-order valence-corrected chi connectivity index (χ1v) is 5.33. The van der Waals surface area contributed by atoms with Gasteiger partial charge in [0.25, 0.3) is 0 Å². The van der Waals surface area contributed by atoms with Gasteiger partial charge in [-0.15, -0.1) is 5.10 Å². The Hall–Kier alpha value is -2.14. The number of nitrogens with two attached hydrogens (primary N) is 1. The molecule has 0 saturated carbocycles. The molecule has 1 atom stereocenters. The van der Waals surface area contributed by atoms with Crippen LogP contribution in [0.1, 0.15) is 17.3 Å². The topological polar surface area (TPSA) is 69.9 Å². The van der Waals surface area contributed by atoms with E-state index in [4.69, 9.17) is 10.2 Å². The summed E-state index contributed by atoms with van der Waals surface area (Å²) in [6.07, 6.45) is 3.37. The lowest BCUT2D eigenvalue weighted by molar-refractivity contribution is 0.600. The smallest absolute Gasteiger partial charge is 0.134 e. The monoisotopic (exact) mass is 228 g/mol. The van der Waals surface area contributed by atoms with Crippen LogP contribution in [-0.2, 0) is 7.05 Å². The molecule has 0 fully saturated rings. The van der Waals surface area contributed by atoms with E-state index in [1.165, 1.54) is 0 Å². The van der Waals surface area contributed by atoms with Crippen LogP contribution in [0.4, 0.5) is 0 Å². The highest BCUT2D eigenvalue weighted by Crippen LogP contribution is 2.28. The summed E-state index contributed by atoms with van der Waals surface area (Å²) < 4.78 is 7.15. The molecule has 17 heavy (non-hydrogen) atoms. The van der Waals surface area contributed by atoms with Gasteiger partial charge >= 0.3 is 0 Å². The van der Waals surface area contributed by atoms with Crippen molar-refractivity contribution in [3.8, 4) is 0 Å². The van der Waals surface area contributed by atoms with Crippen molar-refractivity contribution < 1.29 is 4.42 Å². The Morgan fingerprint density at radius 2 is 2.18 bits per heavy atom. The van der Waals surface area contributed by atoms with Crippen molar-refractivity contribution in [2.45, 2.75) is 6.04 Å². The van der Waals surface area contributed by atoms with E-state index in [1.54, 1.807) is 17.1 Å². The van der Waals surface area contributed by atoms with Crippen LogP contribution in [0.25, 0.3) is 11.0 Å². The minimum atomic E-state index is -0.279. The van der Waals surface area contributed by atoms with Gasteiger partial charge in [-0.2, -0.15) is 0 Å². The molecule has 2 heterocycles. The van der Waals surface area contributed by atoms with Crippen LogP contribution in [0, 0.1) is 0 Å². The third kappa shape index (κ3) is 1.52. The predicted molar refractivity (Wildman–Crippen MR) is 63.2 cm³/mol. The molecule has 3 aromatic rings. The number of aryl methyl sites for hydroxylation is 1. The molecule has 86 valence electrons. The number of hydrogen-bond donors (Lipinski definition) is 1. The standard InChI is InChI=1S/C12H12N4O/c1-16-10(6-14-15-16)12(13)9-7-17-11-5-3-2-4-8(9)11/h2-7,12H,13H2,1H3. The molecular weight excluding hydrogens is 216 g/mol. The van der Waals surface area contributed by atoms with Crippen LogP contribution >= 0.6 is 0 Å². The molecule has 0 aliphatic rings. The van der Waals surface area contributed by atoms with Gasteiger partial charge in [0.1, 0.15) is 5.58 Å². The Kier molecular flexibility index (Phi) is 2.19. The second-order valence-electron chi connectivity index (χ2n) is 3.95. The van der Waals surface area contributed by atoms with E-state index in [0.29, 0.717) is 0 Å². The SMILES string of the molecule is Cn1nncc1C(N)c1coc2ccccc12. The summed E-state index contributed by atoms with van der Waals surface area (Å²) in [6, 6.07) is 7.55. The second-order valence-corrected chi connectivity index (χ2v) is 3.95. The van der Waals surface area contributed by atoms with E-state index in [0.717, 1.165) is 22.2 Å². The minimum absolute atomic E-state index is 0.279. The Labute approximate surface area is 97.8 Å². The van der Waals surface area contributed by atoms with Gasteiger partial charge in [-0.3, -0.25) is 4.68 Å². The number of rotatable bonds is 2. The van der Waals surface area contributed by atoms with Crippen molar-refractivity contribution in [3.05, 3.63) is 48.0 Å². The average Bonchev–Trinajstić information content (AvgIpc) is 2.94. The van der Waals surface area contributed by atoms with Crippen LogP contribution in [-0.4, -0.2) is 15.0 Å². The average molecular weight is 228 g/mol. The normalized spacial score (nSPS) is 13.1. The second kappa shape index (κ2) is 3.71. The van der Waals surface area contributed by atoms with E-state index < -0.39 is 0 Å². The molecule has 0 saturated heterocycles. The fourth-order valence-electron chi connectivity index (χ4n) is 1.98. The van der Waals surface area contributed by atoms with Gasteiger partial charge in [0, 0.05) is 18.0 Å². The van der Waals surface area contributed by atoms with Gasteiger partial charge in [0.2, 0.25) is 0 Å². The Morgan fingerprint density at radius 3 is 2.94 bits per heavy atom. The van der Waals surface area contributed by atoms with E-state index >= 15 is 0 Å². The number of aromatic nitrogens is 3. The molecular formula is C12H12N4O. The third-order valence-corrected chi connectivity index (χ3v) is 2.91. The maximum Gasteiger partial charge on any atom is 0.134 e. The molecule has 1 aromatic carbocycles. The number of fused-ring (bicyclic) bond motifs is 1.